The molecule has 2 aromatic carbocycles. The zero-order valence-corrected chi connectivity index (χ0v) is 14.9. The molecule has 0 radical (unpaired) electrons. The predicted molar refractivity (Wildman–Crippen MR) is 104 cm³/mol. The number of ether oxygens (including phenoxy) is 1. The van der Waals surface area contributed by atoms with Crippen molar-refractivity contribution in [2.75, 3.05) is 0 Å². The number of benzene rings is 2. The van der Waals surface area contributed by atoms with Gasteiger partial charge in [-0.2, -0.15) is 0 Å². The summed E-state index contributed by atoms with van der Waals surface area (Å²) in [5.41, 5.74) is 5.29. The Morgan fingerprint density at radius 3 is 2.65 bits per heavy atom. The van der Waals surface area contributed by atoms with Crippen molar-refractivity contribution < 1.29 is 4.74 Å². The Bertz CT molecular complexity index is 833. The van der Waals surface area contributed by atoms with Crippen molar-refractivity contribution in [2.24, 2.45) is 0 Å². The Hall–Kier alpha value is -2.65. The monoisotopic (exact) mass is 344 g/mol. The number of hydrogen-bond donors (Lipinski definition) is 1. The highest BCUT2D eigenvalue weighted by molar-refractivity contribution is 5.39. The molecule has 0 saturated carbocycles. The fourth-order valence-corrected chi connectivity index (χ4v) is 3.56. The molecule has 1 unspecified atom stereocenters. The highest BCUT2D eigenvalue weighted by Gasteiger charge is 2.20. The van der Waals surface area contributed by atoms with E-state index in [1.165, 1.54) is 29.5 Å². The van der Waals surface area contributed by atoms with Gasteiger partial charge in [0.2, 0.25) is 0 Å². The average Bonchev–Trinajstić information content (AvgIpc) is 2.72. The van der Waals surface area contributed by atoms with Gasteiger partial charge < -0.3 is 10.1 Å². The maximum absolute atomic E-state index is 6.01. The molecular formula is C23H24N2O. The standard InChI is InChI=1S/C23H24N2O/c1-2-5-18(6-3-1)16-25-23-8-4-7-20-9-10-21(15-22(20)23)26-17-19-11-13-24-14-12-19/h1-3,5-6,9-15,23,25H,4,7-8,16-17H2. The first-order valence-corrected chi connectivity index (χ1v) is 9.30. The van der Waals surface area contributed by atoms with Gasteiger partial charge in [0.05, 0.1) is 0 Å². The Kier molecular flexibility index (Phi) is 5.27. The summed E-state index contributed by atoms with van der Waals surface area (Å²) in [7, 11) is 0. The van der Waals surface area contributed by atoms with Crippen LogP contribution in [-0.4, -0.2) is 4.98 Å². The van der Waals surface area contributed by atoms with E-state index < -0.39 is 0 Å². The molecule has 132 valence electrons. The van der Waals surface area contributed by atoms with Gasteiger partial charge in [-0.3, -0.25) is 4.98 Å². The van der Waals surface area contributed by atoms with Gasteiger partial charge in [-0.05, 0) is 65.8 Å². The molecule has 0 bridgehead atoms. The van der Waals surface area contributed by atoms with E-state index in [1.54, 1.807) is 12.4 Å². The normalized spacial score (nSPS) is 16.1. The maximum Gasteiger partial charge on any atom is 0.120 e. The van der Waals surface area contributed by atoms with Crippen LogP contribution >= 0.6 is 0 Å². The Morgan fingerprint density at radius 2 is 1.81 bits per heavy atom. The molecule has 1 aliphatic carbocycles. The van der Waals surface area contributed by atoms with Crippen molar-refractivity contribution in [1.29, 1.82) is 0 Å². The predicted octanol–water partition coefficient (Wildman–Crippen LogP) is 4.83. The van der Waals surface area contributed by atoms with E-state index in [1.807, 2.05) is 12.1 Å². The lowest BCUT2D eigenvalue weighted by Crippen LogP contribution is -2.24. The Labute approximate surface area is 155 Å². The van der Waals surface area contributed by atoms with Gasteiger partial charge in [0.25, 0.3) is 0 Å². The lowest BCUT2D eigenvalue weighted by molar-refractivity contribution is 0.304. The molecule has 0 fully saturated rings. The second-order valence-corrected chi connectivity index (χ2v) is 6.82. The number of aryl methyl sites for hydroxylation is 1. The van der Waals surface area contributed by atoms with E-state index in [2.05, 4.69) is 58.8 Å². The lowest BCUT2D eigenvalue weighted by atomic mass is 9.87. The van der Waals surface area contributed by atoms with E-state index >= 15 is 0 Å². The number of rotatable bonds is 6. The molecule has 1 aromatic heterocycles. The summed E-state index contributed by atoms with van der Waals surface area (Å²) in [5, 5.41) is 3.73. The summed E-state index contributed by atoms with van der Waals surface area (Å²) in [6, 6.07) is 21.5. The first-order chi connectivity index (χ1) is 12.9. The van der Waals surface area contributed by atoms with Gasteiger partial charge in [0.1, 0.15) is 12.4 Å². The quantitative estimate of drug-likeness (QED) is 0.695. The van der Waals surface area contributed by atoms with Crippen molar-refractivity contribution >= 4 is 0 Å². The fourth-order valence-electron chi connectivity index (χ4n) is 3.56. The molecule has 0 amide bonds. The molecule has 0 saturated heterocycles. The van der Waals surface area contributed by atoms with E-state index in [-0.39, 0.29) is 0 Å². The van der Waals surface area contributed by atoms with Gasteiger partial charge in [-0.25, -0.2) is 0 Å². The van der Waals surface area contributed by atoms with E-state index in [9.17, 15) is 0 Å². The summed E-state index contributed by atoms with van der Waals surface area (Å²) in [6.07, 6.45) is 7.16. The van der Waals surface area contributed by atoms with Crippen LogP contribution in [0.3, 0.4) is 0 Å². The maximum atomic E-state index is 6.01. The highest BCUT2D eigenvalue weighted by Crippen LogP contribution is 2.33. The zero-order valence-electron chi connectivity index (χ0n) is 14.9. The zero-order chi connectivity index (χ0) is 17.6. The largest absolute Gasteiger partial charge is 0.489 e. The highest BCUT2D eigenvalue weighted by atomic mass is 16.5. The number of aromatic nitrogens is 1. The molecule has 1 N–H and O–H groups in total. The third-order valence-electron chi connectivity index (χ3n) is 4.98. The van der Waals surface area contributed by atoms with Crippen LogP contribution in [0.5, 0.6) is 5.75 Å². The number of nitrogens with one attached hydrogen (secondary N) is 1. The van der Waals surface area contributed by atoms with Gasteiger partial charge in [-0.1, -0.05) is 36.4 Å². The van der Waals surface area contributed by atoms with Crippen LogP contribution in [-0.2, 0) is 19.6 Å². The van der Waals surface area contributed by atoms with Crippen LogP contribution in [0.25, 0.3) is 0 Å². The fraction of sp³-hybridized carbons (Fsp3) is 0.261. The summed E-state index contributed by atoms with van der Waals surface area (Å²) in [4.78, 5) is 4.05. The molecule has 3 heteroatoms. The van der Waals surface area contributed by atoms with Gasteiger partial charge in [0.15, 0.2) is 0 Å². The van der Waals surface area contributed by atoms with Crippen molar-refractivity contribution in [2.45, 2.75) is 38.5 Å². The number of fused-ring (bicyclic) bond motifs is 1. The summed E-state index contributed by atoms with van der Waals surface area (Å²) < 4.78 is 6.01. The molecule has 3 aromatic rings. The number of pyridine rings is 1. The molecule has 1 atom stereocenters. The second kappa shape index (κ2) is 8.15. The molecule has 4 rings (SSSR count). The molecule has 0 aliphatic heterocycles. The molecule has 0 spiro atoms. The first kappa shape index (κ1) is 16.8. The minimum absolute atomic E-state index is 0.392. The van der Waals surface area contributed by atoms with E-state index in [0.717, 1.165) is 24.3 Å². The second-order valence-electron chi connectivity index (χ2n) is 6.82. The van der Waals surface area contributed by atoms with Crippen LogP contribution in [0.15, 0.2) is 73.1 Å². The Morgan fingerprint density at radius 1 is 0.962 bits per heavy atom. The van der Waals surface area contributed by atoms with Crippen LogP contribution < -0.4 is 10.1 Å². The number of hydrogen-bond acceptors (Lipinski definition) is 3. The van der Waals surface area contributed by atoms with Crippen LogP contribution in [0, 0.1) is 0 Å². The third-order valence-corrected chi connectivity index (χ3v) is 4.98. The van der Waals surface area contributed by atoms with Crippen molar-refractivity contribution in [3.8, 4) is 5.75 Å². The van der Waals surface area contributed by atoms with E-state index in [4.69, 9.17) is 4.74 Å². The lowest BCUT2D eigenvalue weighted by Gasteiger charge is -2.27. The molecule has 3 nitrogen and oxygen atoms in total. The third kappa shape index (κ3) is 4.12. The average molecular weight is 344 g/mol. The molecule has 1 heterocycles. The summed E-state index contributed by atoms with van der Waals surface area (Å²) in [6.45, 7) is 1.47. The summed E-state index contributed by atoms with van der Waals surface area (Å²) in [5.74, 6) is 0.939. The smallest absolute Gasteiger partial charge is 0.120 e. The molecule has 1 aliphatic rings. The van der Waals surface area contributed by atoms with Crippen molar-refractivity contribution in [3.05, 3.63) is 95.3 Å². The number of nitrogens with zero attached hydrogens (tertiary/aromatic N) is 1. The van der Waals surface area contributed by atoms with Crippen molar-refractivity contribution in [3.63, 3.8) is 0 Å². The molecule has 26 heavy (non-hydrogen) atoms. The van der Waals surface area contributed by atoms with Crippen molar-refractivity contribution in [1.82, 2.24) is 10.3 Å². The van der Waals surface area contributed by atoms with Gasteiger partial charge in [0, 0.05) is 25.0 Å². The molecular weight excluding hydrogens is 320 g/mol. The van der Waals surface area contributed by atoms with Crippen LogP contribution in [0.2, 0.25) is 0 Å². The minimum atomic E-state index is 0.392. The van der Waals surface area contributed by atoms with Crippen LogP contribution in [0.1, 0.15) is 41.1 Å². The topological polar surface area (TPSA) is 34.1 Å². The SMILES string of the molecule is c1ccc(CNC2CCCc3ccc(OCc4ccncc4)cc32)cc1. The van der Waals surface area contributed by atoms with Crippen LogP contribution in [0.4, 0.5) is 0 Å². The first-order valence-electron chi connectivity index (χ1n) is 9.30. The van der Waals surface area contributed by atoms with E-state index in [0.29, 0.717) is 12.6 Å². The van der Waals surface area contributed by atoms with Gasteiger partial charge >= 0.3 is 0 Å². The Balaban J connectivity index is 1.45. The summed E-state index contributed by atoms with van der Waals surface area (Å²) >= 11 is 0. The van der Waals surface area contributed by atoms with Gasteiger partial charge in [-0.15, -0.1) is 0 Å². The minimum Gasteiger partial charge on any atom is -0.489 e.